The Hall–Kier alpha value is -0.753. The molecule has 0 amide bonds. The molecule has 0 bridgehead atoms. The zero-order valence-corrected chi connectivity index (χ0v) is 18.5. The maximum atomic E-state index is 6.55. The van der Waals surface area contributed by atoms with Gasteiger partial charge in [0.2, 0.25) is 0 Å². The maximum absolute atomic E-state index is 6.55. The molecule has 3 rings (SSSR count). The number of nitrogens with one attached hydrogen (secondary N) is 1. The molecule has 26 heavy (non-hydrogen) atoms. The molecule has 1 aliphatic rings. The third-order valence-electron chi connectivity index (χ3n) is 4.94. The van der Waals surface area contributed by atoms with Crippen molar-refractivity contribution in [2.75, 3.05) is 11.9 Å². The number of pyridine rings is 1. The average molecular weight is 414 g/mol. The van der Waals surface area contributed by atoms with Crippen LogP contribution < -0.4 is 5.32 Å². The predicted molar refractivity (Wildman–Crippen MR) is 114 cm³/mol. The van der Waals surface area contributed by atoms with Gasteiger partial charge in [0.1, 0.15) is 17.5 Å². The summed E-state index contributed by atoms with van der Waals surface area (Å²) in [7, 11) is -1.09. The standard InChI is InChI=1S/C19H29Cl2N3OSi/c1-26(2,3)10-9-25-13-24-12-15(20)18-16(11-17(21)23-19(18)24)22-14-7-5-4-6-8-14/h11-12,14H,4-10,13H2,1-3H3,(H,22,23). The lowest BCUT2D eigenvalue weighted by Crippen LogP contribution is -2.22. The highest BCUT2D eigenvalue weighted by Gasteiger charge is 2.19. The van der Waals surface area contributed by atoms with E-state index in [0.717, 1.165) is 29.4 Å². The van der Waals surface area contributed by atoms with E-state index in [1.54, 1.807) is 0 Å². The quantitative estimate of drug-likeness (QED) is 0.324. The molecule has 7 heteroatoms. The normalized spacial score (nSPS) is 16.3. The fraction of sp³-hybridized carbons (Fsp3) is 0.632. The van der Waals surface area contributed by atoms with Gasteiger partial charge in [-0.15, -0.1) is 0 Å². The van der Waals surface area contributed by atoms with Gasteiger partial charge in [-0.3, -0.25) is 0 Å². The van der Waals surface area contributed by atoms with Gasteiger partial charge in [0.25, 0.3) is 0 Å². The van der Waals surface area contributed by atoms with Crippen molar-refractivity contribution in [2.24, 2.45) is 0 Å². The van der Waals surface area contributed by atoms with E-state index in [9.17, 15) is 0 Å². The summed E-state index contributed by atoms with van der Waals surface area (Å²) in [5, 5.41) is 5.76. The number of anilines is 1. The lowest BCUT2D eigenvalue weighted by Gasteiger charge is -2.24. The van der Waals surface area contributed by atoms with Gasteiger partial charge in [0.15, 0.2) is 0 Å². The second kappa shape index (κ2) is 8.51. The van der Waals surface area contributed by atoms with Crippen LogP contribution >= 0.6 is 23.2 Å². The molecule has 0 atom stereocenters. The molecular formula is C19H29Cl2N3OSi. The highest BCUT2D eigenvalue weighted by atomic mass is 35.5. The number of ether oxygens (including phenoxy) is 1. The molecule has 0 aliphatic heterocycles. The van der Waals surface area contributed by atoms with E-state index in [1.165, 1.54) is 32.1 Å². The topological polar surface area (TPSA) is 39.1 Å². The minimum absolute atomic E-state index is 0.448. The van der Waals surface area contributed by atoms with Gasteiger partial charge >= 0.3 is 0 Å². The first-order valence-electron chi connectivity index (χ1n) is 9.53. The Balaban J connectivity index is 1.78. The summed E-state index contributed by atoms with van der Waals surface area (Å²) < 4.78 is 7.84. The molecule has 144 valence electrons. The Bertz CT molecular complexity index is 751. The molecule has 2 aromatic rings. The van der Waals surface area contributed by atoms with Gasteiger partial charge < -0.3 is 14.6 Å². The minimum Gasteiger partial charge on any atom is -0.382 e. The van der Waals surface area contributed by atoms with E-state index < -0.39 is 8.07 Å². The van der Waals surface area contributed by atoms with E-state index >= 15 is 0 Å². The third kappa shape index (κ3) is 5.15. The first kappa shape index (κ1) is 20.0. The fourth-order valence-corrected chi connectivity index (χ4v) is 4.68. The second-order valence-electron chi connectivity index (χ2n) is 8.47. The van der Waals surface area contributed by atoms with Crippen LogP contribution in [0.5, 0.6) is 0 Å². The van der Waals surface area contributed by atoms with Crippen LogP contribution in [0.25, 0.3) is 11.0 Å². The van der Waals surface area contributed by atoms with Crippen LogP contribution in [0.15, 0.2) is 12.3 Å². The van der Waals surface area contributed by atoms with Crippen LogP contribution in [0.3, 0.4) is 0 Å². The molecule has 0 unspecified atom stereocenters. The summed E-state index contributed by atoms with van der Waals surface area (Å²) in [5.41, 5.74) is 1.77. The van der Waals surface area contributed by atoms with Crippen molar-refractivity contribution in [2.45, 2.75) is 70.6 Å². The summed E-state index contributed by atoms with van der Waals surface area (Å²) in [6.07, 6.45) is 8.17. The van der Waals surface area contributed by atoms with Crippen molar-refractivity contribution >= 4 is 48.0 Å². The number of rotatable bonds is 7. The largest absolute Gasteiger partial charge is 0.382 e. The van der Waals surface area contributed by atoms with E-state index in [2.05, 4.69) is 29.9 Å². The number of fused-ring (bicyclic) bond motifs is 1. The Morgan fingerprint density at radius 1 is 1.23 bits per heavy atom. The van der Waals surface area contributed by atoms with Crippen molar-refractivity contribution in [3.8, 4) is 0 Å². The molecule has 0 aromatic carbocycles. The summed E-state index contributed by atoms with van der Waals surface area (Å²) in [5.74, 6) is 0. The number of hydrogen-bond acceptors (Lipinski definition) is 3. The highest BCUT2D eigenvalue weighted by molar-refractivity contribution is 6.76. The number of aromatic nitrogens is 2. The van der Waals surface area contributed by atoms with E-state index in [1.807, 2.05) is 16.8 Å². The van der Waals surface area contributed by atoms with E-state index in [-0.39, 0.29) is 0 Å². The Morgan fingerprint density at radius 2 is 1.96 bits per heavy atom. The molecule has 0 spiro atoms. The second-order valence-corrected chi connectivity index (χ2v) is 14.9. The smallest absolute Gasteiger partial charge is 0.147 e. The molecule has 2 heterocycles. The first-order valence-corrected chi connectivity index (χ1v) is 14.0. The van der Waals surface area contributed by atoms with Crippen molar-refractivity contribution in [3.05, 3.63) is 22.4 Å². The molecular weight excluding hydrogens is 385 g/mol. The maximum Gasteiger partial charge on any atom is 0.147 e. The summed E-state index contributed by atoms with van der Waals surface area (Å²) >= 11 is 12.8. The van der Waals surface area contributed by atoms with Gasteiger partial charge in [-0.2, -0.15) is 0 Å². The molecule has 0 radical (unpaired) electrons. The zero-order chi connectivity index (χ0) is 18.7. The summed E-state index contributed by atoms with van der Waals surface area (Å²) in [6.45, 7) is 8.26. The Kier molecular flexibility index (Phi) is 6.54. The first-order chi connectivity index (χ1) is 12.3. The molecule has 1 saturated carbocycles. The third-order valence-corrected chi connectivity index (χ3v) is 7.13. The van der Waals surface area contributed by atoms with Gasteiger partial charge in [0.05, 0.1) is 10.4 Å². The number of halogens is 2. The minimum atomic E-state index is -1.09. The number of hydrogen-bond donors (Lipinski definition) is 1. The molecule has 0 saturated heterocycles. The lowest BCUT2D eigenvalue weighted by molar-refractivity contribution is 0.0899. The van der Waals surface area contributed by atoms with Crippen LogP contribution in [0.1, 0.15) is 32.1 Å². The molecule has 4 nitrogen and oxygen atoms in total. The van der Waals surface area contributed by atoms with Crippen molar-refractivity contribution in [3.63, 3.8) is 0 Å². The van der Waals surface area contributed by atoms with Crippen molar-refractivity contribution in [1.82, 2.24) is 9.55 Å². The van der Waals surface area contributed by atoms with Crippen LogP contribution in [0, 0.1) is 0 Å². The molecule has 2 aromatic heterocycles. The zero-order valence-electron chi connectivity index (χ0n) is 15.9. The van der Waals surface area contributed by atoms with Gasteiger partial charge in [-0.05, 0) is 25.0 Å². The van der Waals surface area contributed by atoms with Crippen molar-refractivity contribution in [1.29, 1.82) is 0 Å². The summed E-state index contributed by atoms with van der Waals surface area (Å²) in [4.78, 5) is 4.51. The molecule has 1 fully saturated rings. The fourth-order valence-electron chi connectivity index (χ4n) is 3.43. The average Bonchev–Trinajstić information content (AvgIpc) is 2.87. The van der Waals surface area contributed by atoms with E-state index in [4.69, 9.17) is 27.9 Å². The van der Waals surface area contributed by atoms with Gasteiger partial charge in [0, 0.05) is 32.6 Å². The Morgan fingerprint density at radius 3 is 2.65 bits per heavy atom. The van der Waals surface area contributed by atoms with Gasteiger partial charge in [-0.25, -0.2) is 4.98 Å². The number of nitrogens with zero attached hydrogens (tertiary/aromatic N) is 2. The van der Waals surface area contributed by atoms with Crippen molar-refractivity contribution < 1.29 is 4.74 Å². The molecule has 1 aliphatic carbocycles. The van der Waals surface area contributed by atoms with Crippen LogP contribution in [-0.2, 0) is 11.5 Å². The molecule has 1 N–H and O–H groups in total. The van der Waals surface area contributed by atoms with Crippen LogP contribution in [0.4, 0.5) is 5.69 Å². The lowest BCUT2D eigenvalue weighted by atomic mass is 9.95. The highest BCUT2D eigenvalue weighted by Crippen LogP contribution is 2.35. The Labute approximate surface area is 167 Å². The van der Waals surface area contributed by atoms with Gasteiger partial charge in [-0.1, -0.05) is 62.1 Å². The monoisotopic (exact) mass is 413 g/mol. The van der Waals surface area contributed by atoms with Crippen LogP contribution in [-0.4, -0.2) is 30.3 Å². The van der Waals surface area contributed by atoms with Crippen LogP contribution in [0.2, 0.25) is 35.9 Å². The predicted octanol–water partition coefficient (Wildman–Crippen LogP) is 6.40. The van der Waals surface area contributed by atoms with E-state index in [0.29, 0.717) is 22.9 Å². The summed E-state index contributed by atoms with van der Waals surface area (Å²) in [6, 6.07) is 3.52. The SMILES string of the molecule is C[Si](C)(C)CCOCn1cc(Cl)c2c(NC3CCCCC3)cc(Cl)nc21.